The number of piperazine rings is 2. The van der Waals surface area contributed by atoms with Crippen LogP contribution in [0.2, 0.25) is 0 Å². The lowest BCUT2D eigenvalue weighted by atomic mass is 9.98. The highest BCUT2D eigenvalue weighted by molar-refractivity contribution is 7.91. The van der Waals surface area contributed by atoms with Crippen LogP contribution in [0.5, 0.6) is 0 Å². The fourth-order valence-corrected chi connectivity index (χ4v) is 14.0. The molecule has 0 amide bonds. The average Bonchev–Trinajstić information content (AvgIpc) is 4.14. The highest BCUT2D eigenvalue weighted by atomic mass is 32.3. The summed E-state index contributed by atoms with van der Waals surface area (Å²) in [6, 6.07) is 22.7. The second kappa shape index (κ2) is 21.3. The predicted molar refractivity (Wildman–Crippen MR) is 271 cm³/mol. The number of aliphatic hydroxyl groups is 2. The van der Waals surface area contributed by atoms with Gasteiger partial charge in [0, 0.05) is 103 Å². The molecule has 0 aliphatic carbocycles. The lowest BCUT2D eigenvalue weighted by Gasteiger charge is -2.43. The van der Waals surface area contributed by atoms with Crippen molar-refractivity contribution < 1.29 is 27.0 Å². The fraction of sp³-hybridized carbons (Fsp3) is 0.458. The van der Waals surface area contributed by atoms with Gasteiger partial charge in [0.05, 0.1) is 47.3 Å². The summed E-state index contributed by atoms with van der Waals surface area (Å²) in [5.74, 6) is 0. The molecular formula is C48H66N10O6S4. The lowest BCUT2D eigenvalue weighted by molar-refractivity contribution is 0.0780. The van der Waals surface area contributed by atoms with Gasteiger partial charge >= 0.3 is 0 Å². The molecule has 0 unspecified atom stereocenters. The number of rotatable bonds is 16. The first-order valence-corrected chi connectivity index (χ1v) is 27.3. The second-order valence-corrected chi connectivity index (χ2v) is 25.2. The summed E-state index contributed by atoms with van der Waals surface area (Å²) in [5.41, 5.74) is 3.88. The summed E-state index contributed by atoms with van der Waals surface area (Å²) >= 11 is 2.51. The lowest BCUT2D eigenvalue weighted by Crippen LogP contribution is -2.58. The predicted octanol–water partition coefficient (Wildman–Crippen LogP) is 5.44. The maximum Gasteiger partial charge on any atom is 0.252 e. The van der Waals surface area contributed by atoms with Crippen LogP contribution < -0.4 is 9.80 Å². The number of nitrogens with zero attached hydrogens (tertiary/aromatic N) is 10. The molecule has 20 heteroatoms. The first-order valence-electron chi connectivity index (χ1n) is 22.6. The zero-order valence-electron chi connectivity index (χ0n) is 40.3. The van der Waals surface area contributed by atoms with Crippen LogP contribution in [0.25, 0.3) is 0 Å². The van der Waals surface area contributed by atoms with Gasteiger partial charge in [-0.25, -0.2) is 26.8 Å². The summed E-state index contributed by atoms with van der Waals surface area (Å²) in [7, 11) is 0.941. The van der Waals surface area contributed by atoms with Crippen molar-refractivity contribution >= 4 is 54.1 Å². The van der Waals surface area contributed by atoms with E-state index in [-0.39, 0.29) is 12.1 Å². The van der Waals surface area contributed by atoms with Crippen LogP contribution >= 0.6 is 22.7 Å². The van der Waals surface area contributed by atoms with E-state index in [0.29, 0.717) is 73.9 Å². The van der Waals surface area contributed by atoms with E-state index in [1.54, 1.807) is 84.0 Å². The number of aromatic nitrogens is 4. The van der Waals surface area contributed by atoms with Crippen molar-refractivity contribution in [2.24, 2.45) is 14.1 Å². The molecule has 2 aliphatic rings. The van der Waals surface area contributed by atoms with Crippen LogP contribution in [0.3, 0.4) is 0 Å². The summed E-state index contributed by atoms with van der Waals surface area (Å²) in [4.78, 5) is 17.8. The standard InChI is InChI=1S/2C24H33N5O3S2/c2*1-24(2,30)19-7-9-21(10-8-19)29-12-11-28(34(31,32)23-6-5-13-33-23)17-22(29)16-26(3)14-20-15-27(4)18-25-20/h2*5-10,13,15,18,22,30H,11-12,14,16-17H2,1-4H3/t2*22-/m00/s1. The number of sulfonamides is 2. The quantitative estimate of drug-likeness (QED) is 0.127. The third kappa shape index (κ3) is 12.6. The molecule has 0 radical (unpaired) electrons. The molecule has 368 valence electrons. The van der Waals surface area contributed by atoms with E-state index < -0.39 is 31.2 Å². The first kappa shape index (κ1) is 51.4. The SMILES string of the molecule is CN(Cc1cn(C)cn1)C[C@H]1CN(S(=O)(=O)c2cccs2)CCN1c1ccc(C(C)(C)O)cc1.CN(Cc1cn(C)cn1)C[C@H]1CN(S(=O)(=O)c2cccs2)CCN1c1ccc(C(C)(C)O)cc1. The van der Waals surface area contributed by atoms with Gasteiger partial charge in [0.15, 0.2) is 0 Å². The van der Waals surface area contributed by atoms with Gasteiger partial charge in [0.25, 0.3) is 20.0 Å². The molecule has 8 rings (SSSR count). The minimum absolute atomic E-state index is 0.0369. The van der Waals surface area contributed by atoms with Crippen LogP contribution in [0.1, 0.15) is 50.2 Å². The highest BCUT2D eigenvalue weighted by Gasteiger charge is 2.37. The van der Waals surface area contributed by atoms with Gasteiger partial charge in [-0.05, 0) is 100 Å². The minimum Gasteiger partial charge on any atom is -0.386 e. The van der Waals surface area contributed by atoms with Gasteiger partial charge in [-0.15, -0.1) is 22.7 Å². The van der Waals surface area contributed by atoms with Crippen molar-refractivity contribution in [3.63, 3.8) is 0 Å². The van der Waals surface area contributed by atoms with Crippen LogP contribution in [0.4, 0.5) is 11.4 Å². The second-order valence-electron chi connectivity index (χ2n) is 19.0. The van der Waals surface area contributed by atoms with E-state index in [9.17, 15) is 27.0 Å². The first-order chi connectivity index (χ1) is 32.1. The van der Waals surface area contributed by atoms with E-state index in [0.717, 1.165) is 33.9 Å². The van der Waals surface area contributed by atoms with Crippen LogP contribution in [0.15, 0.2) is 117 Å². The van der Waals surface area contributed by atoms with Crippen molar-refractivity contribution in [2.45, 2.75) is 72.5 Å². The van der Waals surface area contributed by atoms with E-state index in [1.165, 1.54) is 22.7 Å². The molecule has 2 fully saturated rings. The smallest absolute Gasteiger partial charge is 0.252 e. The number of likely N-dealkylation sites (N-methyl/N-ethyl adjacent to an activating group) is 2. The Balaban J connectivity index is 0.000000201. The molecular weight excluding hydrogens is 941 g/mol. The number of hydrogen-bond acceptors (Lipinski definition) is 14. The number of hydrogen-bond donors (Lipinski definition) is 2. The maximum absolute atomic E-state index is 13.2. The van der Waals surface area contributed by atoms with Crippen molar-refractivity contribution in [1.29, 1.82) is 0 Å². The molecule has 2 aliphatic heterocycles. The highest BCUT2D eigenvalue weighted by Crippen LogP contribution is 2.31. The van der Waals surface area contributed by atoms with E-state index in [4.69, 9.17) is 0 Å². The van der Waals surface area contributed by atoms with Crippen LogP contribution in [-0.4, -0.2) is 143 Å². The van der Waals surface area contributed by atoms with Crippen molar-refractivity contribution in [3.8, 4) is 0 Å². The number of thiophene rings is 2. The molecule has 68 heavy (non-hydrogen) atoms. The normalized spacial score (nSPS) is 18.1. The Kier molecular flexibility index (Phi) is 16.1. The van der Waals surface area contributed by atoms with Crippen molar-refractivity contribution in [3.05, 3.63) is 131 Å². The van der Waals surface area contributed by atoms with Gasteiger partial charge in [0.2, 0.25) is 0 Å². The largest absolute Gasteiger partial charge is 0.386 e. The fourth-order valence-electron chi connectivity index (χ4n) is 8.78. The summed E-state index contributed by atoms with van der Waals surface area (Å²) < 4.78 is 60.8. The molecule has 0 bridgehead atoms. The Morgan fingerprint density at radius 3 is 1.26 bits per heavy atom. The number of aryl methyl sites for hydroxylation is 2. The molecule has 0 saturated carbocycles. The Morgan fingerprint density at radius 2 is 0.971 bits per heavy atom. The zero-order valence-corrected chi connectivity index (χ0v) is 43.5. The van der Waals surface area contributed by atoms with Crippen molar-refractivity contribution in [1.82, 2.24) is 37.5 Å². The number of anilines is 2. The minimum atomic E-state index is -3.52. The summed E-state index contributed by atoms with van der Waals surface area (Å²) in [5, 5.41) is 24.2. The van der Waals surface area contributed by atoms with Gasteiger partial charge in [-0.2, -0.15) is 8.61 Å². The third-order valence-electron chi connectivity index (χ3n) is 12.3. The molecule has 2 saturated heterocycles. The summed E-state index contributed by atoms with van der Waals surface area (Å²) in [6.07, 6.45) is 7.57. The topological polar surface area (TPSA) is 164 Å². The molecule has 16 nitrogen and oxygen atoms in total. The van der Waals surface area contributed by atoms with Crippen molar-refractivity contribution in [2.75, 3.05) is 76.3 Å². The molecule has 2 N–H and O–H groups in total. The molecule has 6 aromatic rings. The zero-order chi connectivity index (χ0) is 49.0. The van der Waals surface area contributed by atoms with E-state index in [2.05, 4.69) is 29.6 Å². The van der Waals surface area contributed by atoms with Gasteiger partial charge in [-0.3, -0.25) is 9.80 Å². The third-order valence-corrected chi connectivity index (χ3v) is 18.8. The van der Waals surface area contributed by atoms with Crippen LogP contribution in [-0.2, 0) is 58.4 Å². The van der Waals surface area contributed by atoms with Crippen LogP contribution in [0, 0.1) is 0 Å². The number of imidazole rings is 2. The number of benzene rings is 2. The molecule has 2 aromatic carbocycles. The van der Waals surface area contributed by atoms with Gasteiger partial charge in [-0.1, -0.05) is 36.4 Å². The average molecular weight is 1010 g/mol. The Morgan fingerprint density at radius 1 is 0.603 bits per heavy atom. The molecule has 4 aromatic heterocycles. The van der Waals surface area contributed by atoms with E-state index >= 15 is 0 Å². The Bertz CT molecular complexity index is 2560. The van der Waals surface area contributed by atoms with Gasteiger partial charge in [0.1, 0.15) is 8.42 Å². The maximum atomic E-state index is 13.2. The molecule has 2 atom stereocenters. The van der Waals surface area contributed by atoms with E-state index in [1.807, 2.05) is 98.2 Å². The molecule has 0 spiro atoms. The van der Waals surface area contributed by atoms with Gasteiger partial charge < -0.3 is 29.1 Å². The Labute approximate surface area is 410 Å². The molecule has 6 heterocycles. The monoisotopic (exact) mass is 1010 g/mol. The Hall–Kier alpha value is -4.48. The summed E-state index contributed by atoms with van der Waals surface area (Å²) in [6.45, 7) is 12.6.